The van der Waals surface area contributed by atoms with Gasteiger partial charge in [-0.3, -0.25) is 4.79 Å². The second-order valence-electron chi connectivity index (χ2n) is 6.81. The number of thioether (sulfide) groups is 1. The average Bonchev–Trinajstić information content (AvgIpc) is 3.30. The van der Waals surface area contributed by atoms with Crippen molar-refractivity contribution in [3.8, 4) is 23.7 Å². The van der Waals surface area contributed by atoms with Crippen LogP contribution in [-0.4, -0.2) is 53.6 Å². The number of carbonyl (C=O) groups excluding carboxylic acids is 1. The number of sulfone groups is 1. The number of oxazole rings is 1. The summed E-state index contributed by atoms with van der Waals surface area (Å²) in [6.07, 6.45) is 7.47. The lowest BCUT2D eigenvalue weighted by atomic mass is 10.2. The number of halogens is 1. The predicted octanol–water partition coefficient (Wildman–Crippen LogP) is 3.27. The average molecular weight is 453 g/mol. The van der Waals surface area contributed by atoms with E-state index in [2.05, 4.69) is 10.9 Å². The Balaban J connectivity index is 1.60. The molecule has 2 atom stereocenters. The summed E-state index contributed by atoms with van der Waals surface area (Å²) >= 11 is 7.27. The highest BCUT2D eigenvalue weighted by Crippen LogP contribution is 2.26. The summed E-state index contributed by atoms with van der Waals surface area (Å²) in [7, 11) is -3.10. The summed E-state index contributed by atoms with van der Waals surface area (Å²) in [6.45, 7) is 1.88. The molecule has 1 aliphatic heterocycles. The molecule has 0 N–H and O–H groups in total. The van der Waals surface area contributed by atoms with Crippen molar-refractivity contribution in [1.82, 2.24) is 9.88 Å². The van der Waals surface area contributed by atoms with Crippen molar-refractivity contribution in [3.63, 3.8) is 0 Å². The van der Waals surface area contributed by atoms with Crippen LogP contribution in [0.2, 0.25) is 5.02 Å². The van der Waals surface area contributed by atoms with E-state index in [0.717, 1.165) is 5.56 Å². The van der Waals surface area contributed by atoms with Gasteiger partial charge in [-0.15, -0.1) is 18.2 Å². The minimum atomic E-state index is -3.10. The van der Waals surface area contributed by atoms with Crippen LogP contribution >= 0.6 is 23.4 Å². The highest BCUT2D eigenvalue weighted by atomic mass is 35.5. The molecule has 1 aromatic carbocycles. The molecule has 29 heavy (non-hydrogen) atoms. The molecule has 2 unspecified atom stereocenters. The van der Waals surface area contributed by atoms with Crippen molar-refractivity contribution in [3.05, 3.63) is 41.4 Å². The molecule has 1 aromatic heterocycles. The lowest BCUT2D eigenvalue weighted by Crippen LogP contribution is -2.45. The largest absolute Gasteiger partial charge is 0.440 e. The first-order valence-corrected chi connectivity index (χ1v) is 12.3. The second-order valence-corrected chi connectivity index (χ2v) is 10.8. The number of rotatable bonds is 7. The van der Waals surface area contributed by atoms with Crippen molar-refractivity contribution in [1.29, 1.82) is 0 Å². The summed E-state index contributed by atoms with van der Waals surface area (Å²) < 4.78 is 29.3. The number of hydrogen-bond donors (Lipinski definition) is 0. The lowest BCUT2D eigenvalue weighted by Gasteiger charge is -2.28. The topological polar surface area (TPSA) is 80.5 Å². The Morgan fingerprint density at radius 2 is 2.17 bits per heavy atom. The van der Waals surface area contributed by atoms with Crippen LogP contribution in [0.4, 0.5) is 0 Å². The molecule has 1 fully saturated rings. The van der Waals surface area contributed by atoms with Gasteiger partial charge in [0.25, 0.3) is 0 Å². The van der Waals surface area contributed by atoms with Crippen LogP contribution < -0.4 is 0 Å². The van der Waals surface area contributed by atoms with Gasteiger partial charge in [0.15, 0.2) is 15.6 Å². The SMILES string of the molecule is C#CCN(C(=O)C(C)SCc1ncc(-c2ccc(Cl)cc2)o1)C1CCS(=O)(=O)C1. The van der Waals surface area contributed by atoms with Gasteiger partial charge in [-0.1, -0.05) is 17.5 Å². The minimum Gasteiger partial charge on any atom is -0.440 e. The second kappa shape index (κ2) is 9.24. The highest BCUT2D eigenvalue weighted by molar-refractivity contribution is 7.99. The number of terminal acetylenes is 1. The Bertz CT molecular complexity index is 1010. The zero-order chi connectivity index (χ0) is 21.0. The van der Waals surface area contributed by atoms with E-state index < -0.39 is 15.1 Å². The Morgan fingerprint density at radius 3 is 2.79 bits per heavy atom. The van der Waals surface area contributed by atoms with Gasteiger partial charge in [0.1, 0.15) is 0 Å². The van der Waals surface area contributed by atoms with Crippen molar-refractivity contribution >= 4 is 39.1 Å². The lowest BCUT2D eigenvalue weighted by molar-refractivity contribution is -0.131. The van der Waals surface area contributed by atoms with Crippen molar-refractivity contribution in [2.45, 2.75) is 30.4 Å². The minimum absolute atomic E-state index is 0.0258. The molecule has 1 amide bonds. The van der Waals surface area contributed by atoms with E-state index in [9.17, 15) is 13.2 Å². The molecule has 1 saturated heterocycles. The van der Waals surface area contributed by atoms with Crippen LogP contribution in [0.25, 0.3) is 11.3 Å². The Labute approximate surface area is 179 Å². The number of hydrogen-bond acceptors (Lipinski definition) is 6. The van der Waals surface area contributed by atoms with Gasteiger partial charge >= 0.3 is 0 Å². The molecule has 1 aliphatic rings. The fourth-order valence-electron chi connectivity index (χ4n) is 3.13. The first-order chi connectivity index (χ1) is 13.8. The first kappa shape index (κ1) is 21.8. The van der Waals surface area contributed by atoms with E-state index in [4.69, 9.17) is 22.4 Å². The normalized spacial score (nSPS) is 18.9. The quantitative estimate of drug-likeness (QED) is 0.600. The number of aromatic nitrogens is 1. The summed E-state index contributed by atoms with van der Waals surface area (Å²) in [6, 6.07) is 6.89. The first-order valence-electron chi connectivity index (χ1n) is 9.05. The molecule has 0 aliphatic carbocycles. The monoisotopic (exact) mass is 452 g/mol. The van der Waals surface area contributed by atoms with Gasteiger partial charge in [-0.25, -0.2) is 13.4 Å². The summed E-state index contributed by atoms with van der Waals surface area (Å²) in [5, 5.41) is 0.237. The maximum absolute atomic E-state index is 12.9. The van der Waals surface area contributed by atoms with E-state index in [-0.39, 0.29) is 30.0 Å². The van der Waals surface area contributed by atoms with E-state index in [1.807, 2.05) is 12.1 Å². The van der Waals surface area contributed by atoms with Crippen LogP contribution in [-0.2, 0) is 20.4 Å². The smallest absolute Gasteiger partial charge is 0.236 e. The summed E-state index contributed by atoms with van der Waals surface area (Å²) in [5.41, 5.74) is 0.866. The van der Waals surface area contributed by atoms with Crippen LogP contribution in [0.15, 0.2) is 34.9 Å². The Hall–Kier alpha value is -1.95. The Kier molecular flexibility index (Phi) is 6.93. The third kappa shape index (κ3) is 5.56. The van der Waals surface area contributed by atoms with Crippen molar-refractivity contribution < 1.29 is 17.6 Å². The van der Waals surface area contributed by atoms with Gasteiger partial charge in [-0.2, -0.15) is 0 Å². The van der Waals surface area contributed by atoms with Crippen LogP contribution in [0.1, 0.15) is 19.2 Å². The Morgan fingerprint density at radius 1 is 1.45 bits per heavy atom. The maximum Gasteiger partial charge on any atom is 0.236 e. The molecule has 0 saturated carbocycles. The number of benzene rings is 1. The molecular weight excluding hydrogens is 432 g/mol. The fraction of sp³-hybridized carbons (Fsp3) is 0.400. The van der Waals surface area contributed by atoms with Gasteiger partial charge in [0, 0.05) is 16.6 Å². The molecule has 154 valence electrons. The highest BCUT2D eigenvalue weighted by Gasteiger charge is 2.35. The number of carbonyl (C=O) groups is 1. The molecule has 3 rings (SSSR count). The molecule has 0 radical (unpaired) electrons. The van der Waals surface area contributed by atoms with Gasteiger partial charge in [0.2, 0.25) is 11.8 Å². The van der Waals surface area contributed by atoms with Crippen LogP contribution in [0.5, 0.6) is 0 Å². The third-order valence-corrected chi connectivity index (χ3v) is 7.80. The van der Waals surface area contributed by atoms with Crippen molar-refractivity contribution in [2.24, 2.45) is 0 Å². The van der Waals surface area contributed by atoms with E-state index in [1.54, 1.807) is 25.3 Å². The van der Waals surface area contributed by atoms with E-state index in [0.29, 0.717) is 28.8 Å². The predicted molar refractivity (Wildman–Crippen MR) is 115 cm³/mol. The standard InChI is InChI=1S/C20H21ClN2O4S2/c1-3-9-23(17-8-10-29(25,26)13-17)20(24)14(2)28-12-19-22-11-18(27-19)15-4-6-16(21)7-5-15/h1,4-7,11,14,17H,8-10,12-13H2,2H3. The molecule has 0 bridgehead atoms. The zero-order valence-electron chi connectivity index (χ0n) is 15.9. The number of nitrogens with zero attached hydrogens (tertiary/aromatic N) is 2. The van der Waals surface area contributed by atoms with Gasteiger partial charge in [0.05, 0.1) is 35.3 Å². The maximum atomic E-state index is 12.9. The number of amides is 1. The fourth-order valence-corrected chi connectivity index (χ4v) is 5.79. The summed E-state index contributed by atoms with van der Waals surface area (Å²) in [5.74, 6) is 3.91. The zero-order valence-corrected chi connectivity index (χ0v) is 18.3. The van der Waals surface area contributed by atoms with Crippen LogP contribution in [0.3, 0.4) is 0 Å². The van der Waals surface area contributed by atoms with Gasteiger partial charge < -0.3 is 9.32 Å². The molecule has 2 heterocycles. The molecule has 6 nitrogen and oxygen atoms in total. The van der Waals surface area contributed by atoms with E-state index >= 15 is 0 Å². The molecule has 9 heteroatoms. The van der Waals surface area contributed by atoms with Crippen molar-refractivity contribution in [2.75, 3.05) is 18.1 Å². The summed E-state index contributed by atoms with van der Waals surface area (Å²) in [4.78, 5) is 18.6. The van der Waals surface area contributed by atoms with Crippen LogP contribution in [0, 0.1) is 12.3 Å². The molecule has 2 aromatic rings. The van der Waals surface area contributed by atoms with E-state index in [1.165, 1.54) is 16.7 Å². The third-order valence-electron chi connectivity index (χ3n) is 4.68. The molecule has 0 spiro atoms. The molecular formula is C20H21ClN2O4S2. The van der Waals surface area contributed by atoms with Gasteiger partial charge in [-0.05, 0) is 37.6 Å².